The minimum absolute atomic E-state index is 0.0672. The Hall–Kier alpha value is -2.69. The number of halogens is 4. The number of hydrogen-bond donors (Lipinski definition) is 3. The fourth-order valence-corrected chi connectivity index (χ4v) is 7.57. The maximum absolute atomic E-state index is 13.9. The van der Waals surface area contributed by atoms with E-state index >= 15 is 0 Å². The summed E-state index contributed by atoms with van der Waals surface area (Å²) in [4.78, 5) is 16.4. The molecule has 6 nitrogen and oxygen atoms in total. The van der Waals surface area contributed by atoms with E-state index in [1.165, 1.54) is 18.6 Å². The molecule has 10 heteroatoms. The van der Waals surface area contributed by atoms with Crippen molar-refractivity contribution >= 4 is 17.3 Å². The monoisotopic (exact) mass is 618 g/mol. The number of fused-ring (bicyclic) bond motifs is 1. The molecule has 3 N–H and O–H groups in total. The second-order valence-electron chi connectivity index (χ2n) is 13.4. The summed E-state index contributed by atoms with van der Waals surface area (Å²) in [6.45, 7) is 6.73. The predicted molar refractivity (Wildman–Crippen MR) is 165 cm³/mol. The van der Waals surface area contributed by atoms with Gasteiger partial charge in [-0.3, -0.25) is 4.79 Å². The summed E-state index contributed by atoms with van der Waals surface area (Å²) in [5.74, 6) is -0.597. The first kappa shape index (κ1) is 32.7. The molecule has 1 heterocycles. The molecule has 0 aromatic heterocycles. The van der Waals surface area contributed by atoms with E-state index in [9.17, 15) is 27.5 Å². The fourth-order valence-electron chi connectivity index (χ4n) is 7.57. The van der Waals surface area contributed by atoms with Crippen LogP contribution in [0.3, 0.4) is 0 Å². The Morgan fingerprint density at radius 2 is 1.86 bits per heavy atom. The third-order valence-corrected chi connectivity index (χ3v) is 10.2. The second-order valence-corrected chi connectivity index (χ2v) is 13.4. The Balaban J connectivity index is 1.21. The minimum Gasteiger partial charge on any atom is -0.374 e. The average molecular weight is 619 g/mol. The van der Waals surface area contributed by atoms with Crippen LogP contribution in [-0.2, 0) is 16.4 Å². The Kier molecular flexibility index (Phi) is 10.2. The average Bonchev–Trinajstić information content (AvgIpc) is 3.71. The van der Waals surface area contributed by atoms with Crippen molar-refractivity contribution in [3.8, 4) is 0 Å². The fraction of sp³-hybridized carbons (Fsp3) is 0.618. The van der Waals surface area contributed by atoms with Gasteiger partial charge in [0.05, 0.1) is 5.56 Å². The number of alkyl halides is 3. The van der Waals surface area contributed by atoms with Crippen LogP contribution in [0.5, 0.6) is 0 Å². The van der Waals surface area contributed by atoms with Gasteiger partial charge in [0.25, 0.3) is 0 Å². The lowest BCUT2D eigenvalue weighted by Gasteiger charge is -2.34. The molecule has 3 fully saturated rings. The third-order valence-electron chi connectivity index (χ3n) is 10.2. The van der Waals surface area contributed by atoms with Crippen LogP contribution in [0.15, 0.2) is 42.5 Å². The van der Waals surface area contributed by atoms with E-state index in [0.717, 1.165) is 102 Å². The molecule has 2 aromatic rings. The summed E-state index contributed by atoms with van der Waals surface area (Å²) in [5, 5.41) is 17.1. The first-order valence-electron chi connectivity index (χ1n) is 16.0. The zero-order valence-corrected chi connectivity index (χ0v) is 25.8. The molecule has 3 unspecified atom stereocenters. The number of aliphatic hydroxyl groups excluding tert-OH is 1. The lowest BCUT2D eigenvalue weighted by molar-refractivity contribution is -0.140. The number of nitrogens with one attached hydrogen (secondary N) is 2. The number of hydrogen-bond acceptors (Lipinski definition) is 5. The number of anilines is 2. The summed E-state index contributed by atoms with van der Waals surface area (Å²) in [7, 11) is 2.13. The van der Waals surface area contributed by atoms with E-state index in [-0.39, 0.29) is 22.9 Å². The smallest absolute Gasteiger partial charge is 0.374 e. The van der Waals surface area contributed by atoms with Crippen molar-refractivity contribution in [2.75, 3.05) is 50.4 Å². The molecule has 2 aliphatic carbocycles. The highest BCUT2D eigenvalue weighted by atomic mass is 19.4. The number of aliphatic hydroxyl groups is 1. The summed E-state index contributed by atoms with van der Waals surface area (Å²) in [6.07, 6.45) is 1.84. The highest BCUT2D eigenvalue weighted by Crippen LogP contribution is 2.64. The summed E-state index contributed by atoms with van der Waals surface area (Å²) >= 11 is 0. The number of benzene rings is 2. The van der Waals surface area contributed by atoms with Crippen molar-refractivity contribution < 1.29 is 27.5 Å². The van der Waals surface area contributed by atoms with E-state index in [0.29, 0.717) is 11.8 Å². The molecule has 3 aliphatic rings. The molecule has 2 aromatic carbocycles. The van der Waals surface area contributed by atoms with Gasteiger partial charge in [0, 0.05) is 50.4 Å². The highest BCUT2D eigenvalue weighted by molar-refractivity contribution is 5.88. The van der Waals surface area contributed by atoms with Crippen LogP contribution in [-0.4, -0.2) is 66.8 Å². The molecule has 44 heavy (non-hydrogen) atoms. The van der Waals surface area contributed by atoms with Crippen LogP contribution in [0, 0.1) is 23.6 Å². The Morgan fingerprint density at radius 1 is 1.09 bits per heavy atom. The van der Waals surface area contributed by atoms with Gasteiger partial charge in [-0.1, -0.05) is 18.6 Å². The number of nitrogens with zero attached hydrogens (tertiary/aromatic N) is 2. The van der Waals surface area contributed by atoms with Crippen LogP contribution >= 0.6 is 0 Å². The molecular formula is C34H46F4N4O2. The number of rotatable bonds is 12. The van der Waals surface area contributed by atoms with Crippen molar-refractivity contribution in [1.82, 2.24) is 9.80 Å². The van der Waals surface area contributed by atoms with Gasteiger partial charge < -0.3 is 25.5 Å². The standard InChI is InChI=1S/C34H46F4N4O2/c1-23(43)39-28-8-5-7-26(20-28)33-12-11-24(19-27(33)22-33)18-25(6-3-4-13-42-16-14-41(2)15-17-42)32(44)40-29-9-10-31(35)30(21-29)34(36,37)38/h5,7-10,20-21,24-25,27,32,40,44H,3-4,6,11-19,22H2,1-2H3,(H,39,43)/t24-,25?,27?,32?,33+/m0/s1. The van der Waals surface area contributed by atoms with Gasteiger partial charge in [0.15, 0.2) is 0 Å². The Morgan fingerprint density at radius 3 is 2.57 bits per heavy atom. The van der Waals surface area contributed by atoms with Gasteiger partial charge in [-0.15, -0.1) is 0 Å². The van der Waals surface area contributed by atoms with E-state index in [4.69, 9.17) is 0 Å². The molecule has 1 saturated heterocycles. The number of piperazine rings is 1. The maximum Gasteiger partial charge on any atom is 0.419 e. The normalized spacial score (nSPS) is 25.6. The van der Waals surface area contributed by atoms with Crippen molar-refractivity contribution in [2.24, 2.45) is 17.8 Å². The van der Waals surface area contributed by atoms with E-state index in [2.05, 4.69) is 39.6 Å². The molecule has 0 spiro atoms. The number of unbranched alkanes of at least 4 members (excludes halogenated alkanes) is 1. The number of carbonyl (C=O) groups is 1. The topological polar surface area (TPSA) is 67.8 Å². The van der Waals surface area contributed by atoms with Gasteiger partial charge in [0.2, 0.25) is 5.91 Å². The van der Waals surface area contributed by atoms with Gasteiger partial charge in [-0.05, 0) is 112 Å². The van der Waals surface area contributed by atoms with E-state index in [1.54, 1.807) is 0 Å². The lowest BCUT2D eigenvalue weighted by atomic mass is 9.74. The van der Waals surface area contributed by atoms with Gasteiger partial charge in [-0.2, -0.15) is 13.2 Å². The molecule has 5 atom stereocenters. The van der Waals surface area contributed by atoms with Crippen LogP contribution in [0.4, 0.5) is 28.9 Å². The SMILES string of the molecule is CC(=O)Nc1cccc([C@]23CC[C@@H](CC(CCCCN4CCN(C)CC4)C(O)Nc4ccc(F)c(C(F)(F)F)c4)CC2C3)c1. The number of amides is 1. The summed E-state index contributed by atoms with van der Waals surface area (Å²) in [5.41, 5.74) is 0.960. The van der Waals surface area contributed by atoms with Crippen molar-refractivity contribution in [2.45, 2.75) is 76.1 Å². The van der Waals surface area contributed by atoms with E-state index < -0.39 is 23.8 Å². The quantitative estimate of drug-likeness (QED) is 0.140. The van der Waals surface area contributed by atoms with Crippen molar-refractivity contribution in [1.29, 1.82) is 0 Å². The first-order chi connectivity index (χ1) is 20.9. The van der Waals surface area contributed by atoms with Crippen molar-refractivity contribution in [3.05, 3.63) is 59.4 Å². The molecule has 242 valence electrons. The molecule has 0 bridgehead atoms. The molecule has 5 rings (SSSR count). The Bertz CT molecular complexity index is 1280. The molecule has 1 aliphatic heterocycles. The van der Waals surface area contributed by atoms with Crippen LogP contribution < -0.4 is 10.6 Å². The van der Waals surface area contributed by atoms with Gasteiger partial charge >= 0.3 is 6.18 Å². The van der Waals surface area contributed by atoms with Crippen molar-refractivity contribution in [3.63, 3.8) is 0 Å². The zero-order valence-electron chi connectivity index (χ0n) is 25.8. The summed E-state index contributed by atoms with van der Waals surface area (Å²) < 4.78 is 53.9. The molecule has 0 radical (unpaired) electrons. The van der Waals surface area contributed by atoms with Gasteiger partial charge in [0.1, 0.15) is 12.0 Å². The maximum atomic E-state index is 13.9. The Labute approximate surface area is 258 Å². The zero-order chi connectivity index (χ0) is 31.5. The van der Waals surface area contributed by atoms with Crippen LogP contribution in [0.1, 0.15) is 69.4 Å². The highest BCUT2D eigenvalue weighted by Gasteiger charge is 2.57. The van der Waals surface area contributed by atoms with Crippen LogP contribution in [0.25, 0.3) is 0 Å². The molecule has 1 amide bonds. The minimum atomic E-state index is -4.81. The largest absolute Gasteiger partial charge is 0.419 e. The molecule has 2 saturated carbocycles. The number of likely N-dealkylation sites (N-methyl/N-ethyl adjacent to an activating group) is 1. The second kappa shape index (κ2) is 13.7. The van der Waals surface area contributed by atoms with Gasteiger partial charge in [-0.25, -0.2) is 4.39 Å². The van der Waals surface area contributed by atoms with Crippen LogP contribution in [0.2, 0.25) is 0 Å². The predicted octanol–water partition coefficient (Wildman–Crippen LogP) is 6.72. The third kappa shape index (κ3) is 8.12. The number of carbonyl (C=O) groups excluding carboxylic acids is 1. The first-order valence-corrected chi connectivity index (χ1v) is 16.0. The summed E-state index contributed by atoms with van der Waals surface area (Å²) in [6, 6.07) is 11.0. The lowest BCUT2D eigenvalue weighted by Crippen LogP contribution is -2.44. The molecular weight excluding hydrogens is 572 g/mol. The van der Waals surface area contributed by atoms with E-state index in [1.807, 2.05) is 12.1 Å².